The van der Waals surface area contributed by atoms with Crippen LogP contribution in [0.3, 0.4) is 0 Å². The van der Waals surface area contributed by atoms with E-state index in [1.165, 1.54) is 13.3 Å². The van der Waals surface area contributed by atoms with Crippen molar-refractivity contribution in [2.45, 2.75) is 71.4 Å². The normalized spacial score (nSPS) is 18.8. The number of carboxylic acids is 1. The minimum absolute atomic E-state index is 0.00478. The van der Waals surface area contributed by atoms with Gasteiger partial charge >= 0.3 is 5.97 Å². The van der Waals surface area contributed by atoms with Crippen LogP contribution in [0.2, 0.25) is 0 Å². The average Bonchev–Trinajstić information content (AvgIpc) is 3.82. The second-order valence-electron chi connectivity index (χ2n) is 11.5. The molecule has 1 aromatic heterocycles. The highest BCUT2D eigenvalue weighted by Gasteiger charge is 2.39. The summed E-state index contributed by atoms with van der Waals surface area (Å²) in [4.78, 5) is 18.3. The molecule has 2 aromatic carbocycles. The second kappa shape index (κ2) is 12.2. The number of ether oxygens (including phenoxy) is 2. The van der Waals surface area contributed by atoms with Crippen LogP contribution in [0.5, 0.6) is 11.6 Å². The highest BCUT2D eigenvalue weighted by Crippen LogP contribution is 2.48. The molecule has 7 heteroatoms. The van der Waals surface area contributed by atoms with E-state index in [1.807, 2.05) is 19.1 Å². The topological polar surface area (TPSA) is 71.9 Å². The number of benzene rings is 2. The molecule has 0 amide bonds. The van der Waals surface area contributed by atoms with Crippen molar-refractivity contribution in [1.82, 2.24) is 9.88 Å². The lowest BCUT2D eigenvalue weighted by molar-refractivity contribution is -0.142. The molecule has 0 radical (unpaired) electrons. The van der Waals surface area contributed by atoms with Crippen LogP contribution in [0.15, 0.2) is 48.7 Å². The van der Waals surface area contributed by atoms with Crippen LogP contribution in [0.4, 0.5) is 4.39 Å². The van der Waals surface area contributed by atoms with Crippen LogP contribution in [-0.4, -0.2) is 41.2 Å². The van der Waals surface area contributed by atoms with E-state index in [4.69, 9.17) is 9.47 Å². The summed E-state index contributed by atoms with van der Waals surface area (Å²) in [5, 5.41) is 9.75. The first-order valence-electron chi connectivity index (χ1n) is 14.9. The number of rotatable bonds is 11. The van der Waals surface area contributed by atoms with Gasteiger partial charge < -0.3 is 14.6 Å². The maximum Gasteiger partial charge on any atom is 0.306 e. The van der Waals surface area contributed by atoms with E-state index in [9.17, 15) is 9.90 Å². The van der Waals surface area contributed by atoms with E-state index in [-0.39, 0.29) is 23.9 Å². The van der Waals surface area contributed by atoms with Crippen molar-refractivity contribution in [3.8, 4) is 22.8 Å². The average molecular weight is 561 g/mol. The first-order valence-corrected chi connectivity index (χ1v) is 14.9. The molecule has 2 heterocycles. The molecule has 2 aliphatic rings. The summed E-state index contributed by atoms with van der Waals surface area (Å²) in [5.41, 5.74) is 5.58. The molecule has 218 valence electrons. The van der Waals surface area contributed by atoms with Crippen molar-refractivity contribution in [3.63, 3.8) is 0 Å². The molecule has 1 aliphatic heterocycles. The number of hydrogen-bond acceptors (Lipinski definition) is 5. The van der Waals surface area contributed by atoms with Gasteiger partial charge in [-0.15, -0.1) is 0 Å². The van der Waals surface area contributed by atoms with Crippen LogP contribution in [0.25, 0.3) is 11.1 Å². The zero-order chi connectivity index (χ0) is 29.3. The smallest absolute Gasteiger partial charge is 0.306 e. The van der Waals surface area contributed by atoms with Crippen molar-refractivity contribution in [1.29, 1.82) is 0 Å². The Labute approximate surface area is 242 Å². The van der Waals surface area contributed by atoms with E-state index < -0.39 is 11.9 Å². The predicted molar refractivity (Wildman–Crippen MR) is 158 cm³/mol. The predicted octanol–water partition coefficient (Wildman–Crippen LogP) is 7.58. The van der Waals surface area contributed by atoms with Crippen LogP contribution in [0.1, 0.15) is 87.3 Å². The second-order valence-corrected chi connectivity index (χ2v) is 11.5. The molecule has 1 saturated carbocycles. The summed E-state index contributed by atoms with van der Waals surface area (Å²) in [5.74, 6) is 0.0476. The summed E-state index contributed by atoms with van der Waals surface area (Å²) in [7, 11) is 1.53. The number of aliphatic carboxylic acids is 1. The molecule has 0 spiro atoms. The molecule has 1 fully saturated rings. The van der Waals surface area contributed by atoms with Crippen LogP contribution >= 0.6 is 0 Å². The van der Waals surface area contributed by atoms with E-state index in [0.717, 1.165) is 72.3 Å². The Morgan fingerprint density at radius 3 is 2.51 bits per heavy atom. The number of pyridine rings is 1. The van der Waals surface area contributed by atoms with Crippen molar-refractivity contribution in [3.05, 3.63) is 76.7 Å². The molecule has 6 nitrogen and oxygen atoms in total. The maximum absolute atomic E-state index is 15.1. The van der Waals surface area contributed by atoms with Crippen LogP contribution < -0.4 is 9.47 Å². The Kier molecular flexibility index (Phi) is 8.64. The SMILES string of the molecule is CCN(CC)C(C)c1cc([C@@H]2CCc3ccc([C@H](C4CC4)[C@H](C)C(=O)O)cc3O2)ccc1-c1cc(OC)ncc1F. The minimum atomic E-state index is -0.753. The van der Waals surface area contributed by atoms with Crippen LogP contribution in [0, 0.1) is 17.7 Å². The van der Waals surface area contributed by atoms with Crippen molar-refractivity contribution >= 4 is 5.97 Å². The zero-order valence-corrected chi connectivity index (χ0v) is 24.7. The van der Waals surface area contributed by atoms with E-state index in [0.29, 0.717) is 17.4 Å². The number of methoxy groups -OCH3 is 1. The first-order chi connectivity index (χ1) is 19.7. The highest BCUT2D eigenvalue weighted by molar-refractivity contribution is 5.71. The number of aromatic nitrogens is 1. The number of carboxylic acid groups (broad SMARTS) is 1. The van der Waals surface area contributed by atoms with E-state index >= 15 is 4.39 Å². The van der Waals surface area contributed by atoms with Gasteiger partial charge in [0.2, 0.25) is 5.88 Å². The first kappa shape index (κ1) is 29.1. The number of nitrogens with zero attached hydrogens (tertiary/aromatic N) is 2. The molecular formula is C34H41FN2O4. The van der Waals surface area contributed by atoms with Gasteiger partial charge in [0, 0.05) is 17.7 Å². The Balaban J connectivity index is 1.50. The third-order valence-corrected chi connectivity index (χ3v) is 9.07. The molecule has 0 saturated heterocycles. The Morgan fingerprint density at radius 2 is 1.85 bits per heavy atom. The molecule has 0 bridgehead atoms. The van der Waals surface area contributed by atoms with Crippen molar-refractivity contribution in [2.24, 2.45) is 11.8 Å². The van der Waals surface area contributed by atoms with E-state index in [1.54, 1.807) is 6.07 Å². The Morgan fingerprint density at radius 1 is 1.10 bits per heavy atom. The van der Waals surface area contributed by atoms with Gasteiger partial charge in [0.25, 0.3) is 0 Å². The summed E-state index contributed by atoms with van der Waals surface area (Å²) < 4.78 is 27.0. The molecule has 1 unspecified atom stereocenters. The lowest BCUT2D eigenvalue weighted by atomic mass is 9.82. The fourth-order valence-electron chi connectivity index (χ4n) is 6.48. The summed E-state index contributed by atoms with van der Waals surface area (Å²) >= 11 is 0. The number of halogens is 1. The van der Waals surface area contributed by atoms with E-state index in [2.05, 4.69) is 54.9 Å². The molecule has 1 N–H and O–H groups in total. The van der Waals surface area contributed by atoms with Gasteiger partial charge in [0.15, 0.2) is 0 Å². The molecule has 41 heavy (non-hydrogen) atoms. The third kappa shape index (κ3) is 5.96. The fourth-order valence-corrected chi connectivity index (χ4v) is 6.48. The largest absolute Gasteiger partial charge is 0.485 e. The molecule has 5 rings (SSSR count). The monoisotopic (exact) mass is 560 g/mol. The Hall–Kier alpha value is -3.45. The maximum atomic E-state index is 15.1. The summed E-state index contributed by atoms with van der Waals surface area (Å²) in [6.07, 6.45) is 4.93. The van der Waals surface area contributed by atoms with Gasteiger partial charge in [0.05, 0.1) is 19.2 Å². The lowest BCUT2D eigenvalue weighted by Crippen LogP contribution is -2.27. The lowest BCUT2D eigenvalue weighted by Gasteiger charge is -2.31. The van der Waals surface area contributed by atoms with Gasteiger partial charge in [0.1, 0.15) is 17.7 Å². The number of carbonyl (C=O) groups is 1. The molecule has 3 aromatic rings. The number of fused-ring (bicyclic) bond motifs is 1. The fraction of sp³-hybridized carbons (Fsp3) is 0.471. The standard InChI is InChI=1S/C34H41FN2O4/c1-6-37(7-2)21(4)27-16-24(12-14-26(27)28-18-32(40-5)36-19-29(28)35)30-15-13-22-8-11-25(17-31(22)41-30)33(23-9-10-23)20(3)34(38)39/h8,11-12,14,16-21,23,30,33H,6-7,9-10,13,15H2,1-5H3,(H,38,39)/t20-,21?,30-,33-/m0/s1. The molecule has 1 aliphatic carbocycles. The van der Waals surface area contributed by atoms with Crippen LogP contribution in [-0.2, 0) is 11.2 Å². The van der Waals surface area contributed by atoms with Gasteiger partial charge in [-0.2, -0.15) is 0 Å². The van der Waals surface area contributed by atoms with Gasteiger partial charge in [-0.1, -0.05) is 45.0 Å². The summed E-state index contributed by atoms with van der Waals surface area (Å²) in [6.45, 7) is 10.00. The Bertz CT molecular complexity index is 1400. The molecule has 4 atom stereocenters. The quantitative estimate of drug-likeness (QED) is 0.261. The third-order valence-electron chi connectivity index (χ3n) is 9.07. The number of hydrogen-bond donors (Lipinski definition) is 1. The minimum Gasteiger partial charge on any atom is -0.485 e. The zero-order valence-electron chi connectivity index (χ0n) is 24.7. The van der Waals surface area contributed by atoms with Gasteiger partial charge in [-0.25, -0.2) is 9.37 Å². The number of aryl methyl sites for hydroxylation is 1. The van der Waals surface area contributed by atoms with Gasteiger partial charge in [-0.3, -0.25) is 9.69 Å². The summed E-state index contributed by atoms with van der Waals surface area (Å²) in [6, 6.07) is 14.2. The van der Waals surface area contributed by atoms with Gasteiger partial charge in [-0.05, 0) is 97.5 Å². The molecular weight excluding hydrogens is 519 g/mol. The highest BCUT2D eigenvalue weighted by atomic mass is 19.1. The van der Waals surface area contributed by atoms with Crippen molar-refractivity contribution < 1.29 is 23.8 Å². The van der Waals surface area contributed by atoms with Crippen molar-refractivity contribution in [2.75, 3.05) is 20.2 Å².